The highest BCUT2D eigenvalue weighted by Gasteiger charge is 2.31. The Bertz CT molecular complexity index is 518. The van der Waals surface area contributed by atoms with E-state index in [0.717, 1.165) is 37.4 Å². The van der Waals surface area contributed by atoms with Gasteiger partial charge < -0.3 is 5.32 Å². The van der Waals surface area contributed by atoms with Crippen molar-refractivity contribution in [2.75, 3.05) is 25.0 Å². The molecule has 1 atom stereocenters. The van der Waals surface area contributed by atoms with Crippen LogP contribution >= 0.6 is 0 Å². The van der Waals surface area contributed by atoms with Gasteiger partial charge in [0.25, 0.3) is 0 Å². The lowest BCUT2D eigenvalue weighted by Gasteiger charge is -2.25. The molecule has 1 N–H and O–H groups in total. The average Bonchev–Trinajstić information content (AvgIpc) is 3.32. The molecule has 0 bridgehead atoms. The van der Waals surface area contributed by atoms with Crippen LogP contribution in [0.25, 0.3) is 0 Å². The topological polar surface area (TPSA) is 59.4 Å². The molecule has 1 saturated carbocycles. The molecule has 6 nitrogen and oxygen atoms in total. The van der Waals surface area contributed by atoms with Crippen LogP contribution in [0.4, 0.5) is 5.82 Å². The molecule has 0 spiro atoms. The number of carbonyl (C=O) groups is 1. The predicted octanol–water partition coefficient (Wildman–Crippen LogP) is 2.52. The van der Waals surface area contributed by atoms with Crippen molar-refractivity contribution in [2.45, 2.75) is 52.0 Å². The number of amides is 1. The molecule has 2 heterocycles. The fourth-order valence-corrected chi connectivity index (χ4v) is 2.94. The summed E-state index contributed by atoms with van der Waals surface area (Å²) < 4.78 is 1.97. The number of rotatable bonds is 6. The summed E-state index contributed by atoms with van der Waals surface area (Å²) >= 11 is 0. The van der Waals surface area contributed by atoms with Gasteiger partial charge in [-0.1, -0.05) is 0 Å². The molecule has 2 aliphatic rings. The first kappa shape index (κ1) is 15.5. The van der Waals surface area contributed by atoms with Gasteiger partial charge in [-0.3, -0.25) is 9.63 Å². The second-order valence-electron chi connectivity index (χ2n) is 6.47. The van der Waals surface area contributed by atoms with Gasteiger partial charge in [-0.15, -0.1) is 0 Å². The summed E-state index contributed by atoms with van der Waals surface area (Å²) in [5.74, 6) is 1.59. The van der Waals surface area contributed by atoms with Crippen LogP contribution in [-0.2, 0) is 9.63 Å². The summed E-state index contributed by atoms with van der Waals surface area (Å²) in [6, 6.07) is 0.356. The Kier molecular flexibility index (Phi) is 4.78. The molecule has 0 radical (unpaired) electrons. The SMILES string of the molecule is Cc1cnn([C@@H](C)C2CC2)c1NC(=O)CCN1CCCCO1. The fraction of sp³-hybridized carbons (Fsp3) is 0.750. The van der Waals surface area contributed by atoms with Gasteiger partial charge in [0.2, 0.25) is 5.91 Å². The highest BCUT2D eigenvalue weighted by atomic mass is 16.7. The maximum Gasteiger partial charge on any atom is 0.226 e. The van der Waals surface area contributed by atoms with Gasteiger partial charge in [-0.2, -0.15) is 10.2 Å². The summed E-state index contributed by atoms with van der Waals surface area (Å²) in [5.41, 5.74) is 1.02. The number of nitrogens with one attached hydrogen (secondary N) is 1. The van der Waals surface area contributed by atoms with E-state index in [0.29, 0.717) is 24.9 Å². The lowest BCUT2D eigenvalue weighted by Crippen LogP contribution is -2.33. The summed E-state index contributed by atoms with van der Waals surface area (Å²) in [7, 11) is 0. The van der Waals surface area contributed by atoms with E-state index in [4.69, 9.17) is 4.84 Å². The summed E-state index contributed by atoms with van der Waals surface area (Å²) in [6.07, 6.45) is 7.07. The third-order valence-corrected chi connectivity index (χ3v) is 4.59. The lowest BCUT2D eigenvalue weighted by molar-refractivity contribution is -0.181. The maximum absolute atomic E-state index is 12.2. The van der Waals surface area contributed by atoms with E-state index in [1.807, 2.05) is 22.9 Å². The molecule has 0 aromatic carbocycles. The van der Waals surface area contributed by atoms with Crippen LogP contribution in [0.5, 0.6) is 0 Å². The zero-order valence-electron chi connectivity index (χ0n) is 13.5. The first-order chi connectivity index (χ1) is 10.6. The molecule has 1 amide bonds. The predicted molar refractivity (Wildman–Crippen MR) is 84.4 cm³/mol. The quantitative estimate of drug-likeness (QED) is 0.877. The molecular formula is C16H26N4O2. The Morgan fingerprint density at radius 1 is 1.50 bits per heavy atom. The Morgan fingerprint density at radius 2 is 2.32 bits per heavy atom. The number of nitrogens with zero attached hydrogens (tertiary/aromatic N) is 3. The van der Waals surface area contributed by atoms with Crippen molar-refractivity contribution in [1.29, 1.82) is 0 Å². The van der Waals surface area contributed by atoms with Gasteiger partial charge in [0.15, 0.2) is 0 Å². The molecule has 1 aromatic rings. The van der Waals surface area contributed by atoms with Gasteiger partial charge in [0.1, 0.15) is 5.82 Å². The van der Waals surface area contributed by atoms with Crippen LogP contribution in [-0.4, -0.2) is 40.4 Å². The van der Waals surface area contributed by atoms with Crippen LogP contribution in [0.2, 0.25) is 0 Å². The van der Waals surface area contributed by atoms with Gasteiger partial charge in [0.05, 0.1) is 18.8 Å². The number of hydrogen-bond acceptors (Lipinski definition) is 4. The Balaban J connectivity index is 1.55. The molecule has 1 aliphatic carbocycles. The largest absolute Gasteiger partial charge is 0.311 e. The van der Waals surface area contributed by atoms with Gasteiger partial charge in [-0.25, -0.2) is 4.68 Å². The van der Waals surface area contributed by atoms with Crippen molar-refractivity contribution in [3.05, 3.63) is 11.8 Å². The summed E-state index contributed by atoms with van der Waals surface area (Å²) in [4.78, 5) is 17.8. The Morgan fingerprint density at radius 3 is 3.00 bits per heavy atom. The van der Waals surface area contributed by atoms with E-state index >= 15 is 0 Å². The third-order valence-electron chi connectivity index (χ3n) is 4.59. The molecule has 2 fully saturated rings. The lowest BCUT2D eigenvalue weighted by atomic mass is 10.2. The van der Waals surface area contributed by atoms with E-state index in [2.05, 4.69) is 17.3 Å². The molecule has 22 heavy (non-hydrogen) atoms. The van der Waals surface area contributed by atoms with Crippen LogP contribution in [0.3, 0.4) is 0 Å². The van der Waals surface area contributed by atoms with E-state index in [-0.39, 0.29) is 5.91 Å². The minimum Gasteiger partial charge on any atom is -0.311 e. The minimum absolute atomic E-state index is 0.0296. The highest BCUT2D eigenvalue weighted by Crippen LogP contribution is 2.40. The molecule has 6 heteroatoms. The summed E-state index contributed by atoms with van der Waals surface area (Å²) in [6.45, 7) is 6.51. The summed E-state index contributed by atoms with van der Waals surface area (Å²) in [5, 5.41) is 9.39. The van der Waals surface area contributed by atoms with E-state index < -0.39 is 0 Å². The van der Waals surface area contributed by atoms with Crippen LogP contribution < -0.4 is 5.32 Å². The number of aromatic nitrogens is 2. The number of hydroxylamine groups is 2. The third kappa shape index (κ3) is 3.67. The first-order valence-corrected chi connectivity index (χ1v) is 8.37. The minimum atomic E-state index is 0.0296. The molecular weight excluding hydrogens is 280 g/mol. The monoisotopic (exact) mass is 306 g/mol. The van der Waals surface area contributed by atoms with Crippen molar-refractivity contribution >= 4 is 11.7 Å². The van der Waals surface area contributed by atoms with Gasteiger partial charge >= 0.3 is 0 Å². The van der Waals surface area contributed by atoms with Crippen molar-refractivity contribution in [3.63, 3.8) is 0 Å². The Labute approximate surface area is 131 Å². The fourth-order valence-electron chi connectivity index (χ4n) is 2.94. The van der Waals surface area contributed by atoms with Crippen LogP contribution in [0.15, 0.2) is 6.20 Å². The van der Waals surface area contributed by atoms with E-state index in [1.54, 1.807) is 0 Å². The number of hydrogen-bond donors (Lipinski definition) is 1. The molecule has 1 saturated heterocycles. The number of aryl methyl sites for hydroxylation is 1. The van der Waals surface area contributed by atoms with E-state index in [9.17, 15) is 4.79 Å². The second-order valence-corrected chi connectivity index (χ2v) is 6.47. The normalized spacial score (nSPS) is 20.8. The zero-order chi connectivity index (χ0) is 15.5. The Hall–Kier alpha value is -1.40. The van der Waals surface area contributed by atoms with E-state index in [1.165, 1.54) is 12.8 Å². The average molecular weight is 306 g/mol. The smallest absolute Gasteiger partial charge is 0.226 e. The van der Waals surface area contributed by atoms with Crippen molar-refractivity contribution in [3.8, 4) is 0 Å². The van der Waals surface area contributed by atoms with Crippen molar-refractivity contribution in [2.24, 2.45) is 5.92 Å². The number of anilines is 1. The zero-order valence-corrected chi connectivity index (χ0v) is 13.5. The van der Waals surface area contributed by atoms with Crippen LogP contribution in [0, 0.1) is 12.8 Å². The van der Waals surface area contributed by atoms with Gasteiger partial charge in [-0.05, 0) is 45.4 Å². The highest BCUT2D eigenvalue weighted by molar-refractivity contribution is 5.90. The molecule has 1 aliphatic heterocycles. The van der Waals surface area contributed by atoms with Crippen molar-refractivity contribution in [1.82, 2.24) is 14.8 Å². The first-order valence-electron chi connectivity index (χ1n) is 8.37. The number of carbonyl (C=O) groups excluding carboxylic acids is 1. The van der Waals surface area contributed by atoms with Gasteiger partial charge in [0, 0.05) is 25.1 Å². The molecule has 0 unspecified atom stereocenters. The molecule has 3 rings (SSSR count). The maximum atomic E-state index is 12.2. The standard InChI is InChI=1S/C16H26N4O2/c1-12-11-17-20(13(2)14-5-6-14)16(12)18-15(21)7-9-19-8-3-4-10-22-19/h11,13-14H,3-10H2,1-2H3,(H,18,21)/t13-/m0/s1. The molecule has 1 aromatic heterocycles. The van der Waals surface area contributed by atoms with Crippen molar-refractivity contribution < 1.29 is 9.63 Å². The molecule has 122 valence electrons. The van der Waals surface area contributed by atoms with Crippen LogP contribution in [0.1, 0.15) is 50.6 Å². The second kappa shape index (κ2) is 6.79.